The molecule has 0 saturated heterocycles. The van der Waals surface area contributed by atoms with Crippen LogP contribution in [0.5, 0.6) is 0 Å². The molecule has 490 valence electrons. The molecule has 1 aliphatic rings. The van der Waals surface area contributed by atoms with Gasteiger partial charge in [0, 0.05) is 32.4 Å². The topological polar surface area (TPSA) is 180 Å². The number of phosphoric acid groups is 2. The van der Waals surface area contributed by atoms with Crippen LogP contribution in [0.3, 0.4) is 0 Å². The Balaban J connectivity index is 0.000000664. The van der Waals surface area contributed by atoms with Crippen molar-refractivity contribution in [2.75, 3.05) is 25.6 Å². The van der Waals surface area contributed by atoms with Gasteiger partial charge in [0.05, 0.1) is 19.8 Å². The molecular formula is C71H123Cl2N2O8P2-. The number of benzene rings is 2. The van der Waals surface area contributed by atoms with E-state index in [1.165, 1.54) is 225 Å². The number of rotatable bonds is 50. The number of aryl methyl sites for hydroxylation is 2. The number of nitrogen functional groups attached to an aromatic ring is 1. The zero-order valence-electron chi connectivity index (χ0n) is 55.0. The number of hydrogen-bond acceptors (Lipinski definition) is 8. The molecule has 1 aliphatic carbocycles. The number of anilines is 1. The van der Waals surface area contributed by atoms with Gasteiger partial charge in [0.25, 0.3) is 15.6 Å². The maximum Gasteiger partial charge on any atom is 0.267 e. The quantitative estimate of drug-likeness (QED) is 0.0330. The first kappa shape index (κ1) is 80.9. The van der Waals surface area contributed by atoms with Gasteiger partial charge in [-0.1, -0.05) is 300 Å². The monoisotopic (exact) mass is 1260 g/mol. The molecule has 0 spiro atoms. The summed E-state index contributed by atoms with van der Waals surface area (Å²) >= 11 is 13.2. The summed E-state index contributed by atoms with van der Waals surface area (Å²) in [6.45, 7) is 15.5. The third-order valence-corrected chi connectivity index (χ3v) is 18.4. The Bertz CT molecular complexity index is 2120. The molecule has 85 heavy (non-hydrogen) atoms. The van der Waals surface area contributed by atoms with Crippen molar-refractivity contribution in [3.05, 3.63) is 91.5 Å². The molecule has 0 bridgehead atoms. The van der Waals surface area contributed by atoms with Crippen molar-refractivity contribution in [3.8, 4) is 0 Å². The van der Waals surface area contributed by atoms with Crippen LogP contribution in [0.15, 0.2) is 59.2 Å². The highest BCUT2D eigenvalue weighted by Crippen LogP contribution is 2.41. The molecule has 0 heterocycles. The molecule has 10 nitrogen and oxygen atoms in total. The van der Waals surface area contributed by atoms with Gasteiger partial charge in [-0.05, 0) is 111 Å². The maximum atomic E-state index is 11.9. The predicted octanol–water partition coefficient (Wildman–Crippen LogP) is 21.5. The zero-order chi connectivity index (χ0) is 62.8. The minimum Gasteiger partial charge on any atom is -0.756 e. The number of phosphoric ester groups is 2. The molecule has 2 aromatic carbocycles. The summed E-state index contributed by atoms with van der Waals surface area (Å²) in [7, 11) is -8.62. The number of hydrogen-bond donors (Lipinski definition) is 3. The second-order valence-corrected chi connectivity index (χ2v) is 27.6. The molecule has 5 N–H and O–H groups in total. The van der Waals surface area contributed by atoms with Crippen molar-refractivity contribution < 1.29 is 42.8 Å². The van der Waals surface area contributed by atoms with Crippen molar-refractivity contribution in [1.29, 1.82) is 0 Å². The normalized spacial score (nSPS) is 13.2. The summed E-state index contributed by atoms with van der Waals surface area (Å²) in [4.78, 5) is 30.6. The summed E-state index contributed by atoms with van der Waals surface area (Å²) in [6, 6.07) is 9.73. The van der Waals surface area contributed by atoms with Crippen LogP contribution in [0.1, 0.15) is 327 Å². The fourth-order valence-electron chi connectivity index (χ4n) is 10.9. The third kappa shape index (κ3) is 43.3. The van der Waals surface area contributed by atoms with Crippen molar-refractivity contribution in [3.63, 3.8) is 0 Å². The Labute approximate surface area is 530 Å². The van der Waals surface area contributed by atoms with Crippen LogP contribution in [0.4, 0.5) is 5.69 Å². The molecule has 0 saturated carbocycles. The van der Waals surface area contributed by atoms with Gasteiger partial charge in [0.15, 0.2) is 0 Å². The summed E-state index contributed by atoms with van der Waals surface area (Å²) in [5.74, 6) is 0. The minimum absolute atomic E-state index is 0.106. The van der Waals surface area contributed by atoms with Crippen LogP contribution >= 0.6 is 38.8 Å². The van der Waals surface area contributed by atoms with Gasteiger partial charge in [0.2, 0.25) is 5.71 Å². The Hall–Kier alpha value is -2.07. The summed E-state index contributed by atoms with van der Waals surface area (Å²) in [6.07, 6.45) is 57.8. The van der Waals surface area contributed by atoms with Crippen LogP contribution in [-0.2, 0) is 22.7 Å². The van der Waals surface area contributed by atoms with Crippen LogP contribution in [-0.4, -0.2) is 30.4 Å². The second-order valence-electron chi connectivity index (χ2n) is 24.2. The Morgan fingerprint density at radius 1 is 0.471 bits per heavy atom. The van der Waals surface area contributed by atoms with E-state index in [2.05, 4.69) is 49.6 Å². The average molecular weight is 1270 g/mol. The number of allylic oxidation sites excluding steroid dienone is 5. The number of unbranched alkanes of at least 4 members (excludes halogenated alkanes) is 39. The lowest BCUT2D eigenvalue weighted by Crippen LogP contribution is -2.41. The largest absolute Gasteiger partial charge is 0.756 e. The van der Waals surface area contributed by atoms with E-state index in [-0.39, 0.29) is 19.8 Å². The van der Waals surface area contributed by atoms with Crippen molar-refractivity contribution >= 4 is 55.8 Å². The molecule has 0 amide bonds. The van der Waals surface area contributed by atoms with E-state index in [4.69, 9.17) is 48.3 Å². The van der Waals surface area contributed by atoms with E-state index >= 15 is 0 Å². The molecule has 0 aromatic heterocycles. The van der Waals surface area contributed by atoms with E-state index in [0.717, 1.165) is 94.5 Å². The number of nitrogens with two attached hydrogens (primary N) is 2. The Morgan fingerprint density at radius 2 is 0.729 bits per heavy atom. The molecule has 3 rings (SSSR count). The van der Waals surface area contributed by atoms with Crippen molar-refractivity contribution in [2.45, 2.75) is 318 Å². The van der Waals surface area contributed by atoms with Gasteiger partial charge in [-0.15, -0.1) is 0 Å². The summed E-state index contributed by atoms with van der Waals surface area (Å²) in [5, 5.41) is 7.39. The lowest BCUT2D eigenvalue weighted by Gasteiger charge is -2.22. The molecule has 0 fully saturated rings. The third-order valence-electron chi connectivity index (χ3n) is 16.2. The standard InChI is InChI=1S/C32H67O4P.C23H22Cl2N2.C16H35O4P/c1-3-5-7-9-11-13-15-17-19-21-23-25-27-29-31-35-37(33,34)36-32-30-28-26-24-22-20-18-16-14-12-10-8-6-4-2;1-12-8-16(9-13(2)22(12)26)20(21-18(24)6-5-7-19(21)25)17-10-14(3)23(27)15(4)11-17;1-2-3-4-5-6-7-8-9-10-11-12-13-14-15-16-20-21(17,18)19/h3-32H2,1-2H3,(H,33,34);5-11,26H,27H2,1-4H3;2-16H2,1H3,(H2,17,18,19)/p-1. The fraction of sp³-hybridized carbons (Fsp3) is 0.732. The van der Waals surface area contributed by atoms with Gasteiger partial charge in [-0.25, -0.2) is 0 Å². The SMILES string of the molecule is CC1=CC(=C(c2cc(C)c(N)c(C)c2)c2c(Cl)cccc2Cl)C=C(C)C1=[NH2+].CCCCCCCCCCCCCCCCOP(=O)([O-])O.CCCCCCCCCCCCCCCCOP(=O)([O-])OCCCCCCCCCCCCCCCC. The molecule has 1 unspecified atom stereocenters. The average Bonchev–Trinajstić information content (AvgIpc) is 2.71. The molecule has 2 aromatic rings. The van der Waals surface area contributed by atoms with Crippen LogP contribution < -0.4 is 20.9 Å². The minimum atomic E-state index is -4.50. The van der Waals surface area contributed by atoms with Gasteiger partial charge in [-0.3, -0.25) is 14.5 Å². The molecule has 1 atom stereocenters. The lowest BCUT2D eigenvalue weighted by atomic mass is 9.85. The highest BCUT2D eigenvalue weighted by atomic mass is 35.5. The first-order valence-electron chi connectivity index (χ1n) is 34.2. The van der Waals surface area contributed by atoms with Gasteiger partial charge in [-0.2, -0.15) is 0 Å². The Kier molecular flexibility index (Phi) is 50.2. The first-order valence-corrected chi connectivity index (χ1v) is 37.9. The predicted molar refractivity (Wildman–Crippen MR) is 363 cm³/mol. The van der Waals surface area contributed by atoms with E-state index in [0.29, 0.717) is 16.5 Å². The van der Waals surface area contributed by atoms with Crippen molar-refractivity contribution in [1.82, 2.24) is 0 Å². The van der Waals surface area contributed by atoms with E-state index in [1.807, 2.05) is 45.9 Å². The van der Waals surface area contributed by atoms with Crippen LogP contribution in [0.2, 0.25) is 10.0 Å². The Morgan fingerprint density at radius 3 is 1.00 bits per heavy atom. The van der Waals surface area contributed by atoms with Gasteiger partial charge >= 0.3 is 0 Å². The second kappa shape index (κ2) is 52.7. The van der Waals surface area contributed by atoms with Crippen LogP contribution in [0.25, 0.3) is 5.57 Å². The number of halogens is 2. The zero-order valence-corrected chi connectivity index (χ0v) is 58.3. The summed E-state index contributed by atoms with van der Waals surface area (Å²) < 4.78 is 36.6. The van der Waals surface area contributed by atoms with Crippen molar-refractivity contribution in [2.24, 2.45) is 0 Å². The van der Waals surface area contributed by atoms with Crippen LogP contribution in [0, 0.1) is 13.8 Å². The highest BCUT2D eigenvalue weighted by molar-refractivity contribution is 7.45. The highest BCUT2D eigenvalue weighted by Gasteiger charge is 2.22. The first-order chi connectivity index (χ1) is 40.9. The van der Waals surface area contributed by atoms with E-state index < -0.39 is 15.6 Å². The lowest BCUT2D eigenvalue weighted by molar-refractivity contribution is -0.226. The summed E-state index contributed by atoms with van der Waals surface area (Å²) in [5.41, 5.74) is 15.7. The molecule has 0 aliphatic heterocycles. The molecular weight excluding hydrogens is 1140 g/mol. The fourth-order valence-corrected chi connectivity index (χ4v) is 12.6. The molecule has 0 radical (unpaired) electrons. The van der Waals surface area contributed by atoms with E-state index in [9.17, 15) is 18.9 Å². The van der Waals surface area contributed by atoms with E-state index in [1.54, 1.807) is 0 Å². The smallest absolute Gasteiger partial charge is 0.267 e. The van der Waals surface area contributed by atoms with Gasteiger partial charge in [0.1, 0.15) is 0 Å². The van der Waals surface area contributed by atoms with Gasteiger partial charge < -0.3 is 34.0 Å². The maximum absolute atomic E-state index is 11.9. The molecule has 14 heteroatoms.